The second kappa shape index (κ2) is 8.28. The summed E-state index contributed by atoms with van der Waals surface area (Å²) in [5, 5.41) is -0.177. The van der Waals surface area contributed by atoms with Crippen LogP contribution in [0.3, 0.4) is 0 Å². The van der Waals surface area contributed by atoms with Gasteiger partial charge in [-0.25, -0.2) is 0 Å². The molecule has 2 heterocycles. The third-order valence-electron chi connectivity index (χ3n) is 5.57. The van der Waals surface area contributed by atoms with Crippen molar-refractivity contribution < 1.29 is 9.59 Å². The second-order valence-electron chi connectivity index (χ2n) is 7.28. The summed E-state index contributed by atoms with van der Waals surface area (Å²) < 4.78 is 0. The summed E-state index contributed by atoms with van der Waals surface area (Å²) >= 11 is 3.26. The molecule has 0 saturated heterocycles. The van der Waals surface area contributed by atoms with Gasteiger partial charge in [0.2, 0.25) is 11.8 Å². The number of nitrogens with zero attached hydrogens (tertiary/aromatic N) is 2. The minimum absolute atomic E-state index is 0.0404. The lowest BCUT2D eigenvalue weighted by Gasteiger charge is -2.41. The summed E-state index contributed by atoms with van der Waals surface area (Å²) in [6.07, 6.45) is 4.79. The lowest BCUT2D eigenvalue weighted by Crippen LogP contribution is -2.45. The van der Waals surface area contributed by atoms with Crippen molar-refractivity contribution >= 4 is 35.3 Å². The largest absolute Gasteiger partial charge is 0.320 e. The molecular formula is C23H24N2O2S2. The molecule has 2 aromatic carbocycles. The molecule has 2 amide bonds. The van der Waals surface area contributed by atoms with Gasteiger partial charge >= 0.3 is 0 Å². The fourth-order valence-corrected chi connectivity index (χ4v) is 6.12. The Balaban J connectivity index is 1.62. The van der Waals surface area contributed by atoms with Crippen molar-refractivity contribution in [3.05, 3.63) is 83.1 Å². The van der Waals surface area contributed by atoms with E-state index in [0.29, 0.717) is 25.1 Å². The molecule has 0 radical (unpaired) electrons. The van der Waals surface area contributed by atoms with Crippen LogP contribution in [0.25, 0.3) is 0 Å². The van der Waals surface area contributed by atoms with Crippen molar-refractivity contribution in [2.24, 2.45) is 0 Å². The molecule has 2 unspecified atom stereocenters. The Morgan fingerprint density at radius 2 is 1.41 bits per heavy atom. The van der Waals surface area contributed by atoms with Gasteiger partial charge in [0.15, 0.2) is 0 Å². The summed E-state index contributed by atoms with van der Waals surface area (Å²) in [5.74, 6) is 0.119. The zero-order chi connectivity index (χ0) is 20.5. The molecular weight excluding hydrogens is 400 g/mol. The van der Waals surface area contributed by atoms with Gasteiger partial charge in [-0.05, 0) is 34.8 Å². The Kier molecular flexibility index (Phi) is 5.74. The Labute approximate surface area is 180 Å². The SMILES string of the molecule is C=C(CN1C(=O)Cc2ccccc2C1SC)N1C(=O)Cc2ccccc2C1SC. The van der Waals surface area contributed by atoms with Crippen molar-refractivity contribution in [1.29, 1.82) is 0 Å². The smallest absolute Gasteiger partial charge is 0.232 e. The molecule has 2 aliphatic heterocycles. The minimum Gasteiger partial charge on any atom is -0.320 e. The van der Waals surface area contributed by atoms with Gasteiger partial charge in [-0.3, -0.25) is 14.5 Å². The van der Waals surface area contributed by atoms with Crippen molar-refractivity contribution in [3.8, 4) is 0 Å². The maximum absolute atomic E-state index is 13.0. The van der Waals surface area contributed by atoms with Crippen LogP contribution in [0.4, 0.5) is 0 Å². The van der Waals surface area contributed by atoms with Gasteiger partial charge < -0.3 is 4.90 Å². The molecule has 150 valence electrons. The summed E-state index contributed by atoms with van der Waals surface area (Å²) in [6, 6.07) is 16.2. The van der Waals surface area contributed by atoms with Crippen LogP contribution < -0.4 is 0 Å². The highest BCUT2D eigenvalue weighted by Gasteiger charge is 2.37. The van der Waals surface area contributed by atoms with Gasteiger partial charge in [-0.2, -0.15) is 0 Å². The first-order valence-corrected chi connectivity index (χ1v) is 12.1. The van der Waals surface area contributed by atoms with Crippen molar-refractivity contribution in [2.45, 2.75) is 23.6 Å². The van der Waals surface area contributed by atoms with Crippen LogP contribution in [0.5, 0.6) is 0 Å². The fourth-order valence-electron chi connectivity index (χ4n) is 4.23. The first kappa shape index (κ1) is 20.1. The van der Waals surface area contributed by atoms with Crippen LogP contribution in [-0.2, 0) is 22.4 Å². The normalized spacial score (nSPS) is 21.0. The quantitative estimate of drug-likeness (QED) is 0.714. The number of benzene rings is 2. The highest BCUT2D eigenvalue weighted by atomic mass is 32.2. The number of fused-ring (bicyclic) bond motifs is 2. The highest BCUT2D eigenvalue weighted by Crippen LogP contribution is 2.42. The monoisotopic (exact) mass is 424 g/mol. The van der Waals surface area contributed by atoms with Crippen molar-refractivity contribution in [3.63, 3.8) is 0 Å². The number of carbonyl (C=O) groups excluding carboxylic acids is 2. The zero-order valence-electron chi connectivity index (χ0n) is 16.6. The summed E-state index contributed by atoms with van der Waals surface area (Å²) in [5.41, 5.74) is 5.16. The molecule has 0 saturated carbocycles. The van der Waals surface area contributed by atoms with E-state index in [4.69, 9.17) is 0 Å². The molecule has 0 N–H and O–H groups in total. The summed E-state index contributed by atoms with van der Waals surface area (Å²) in [6.45, 7) is 4.59. The van der Waals surface area contributed by atoms with Gasteiger partial charge in [-0.15, -0.1) is 23.5 Å². The topological polar surface area (TPSA) is 40.6 Å². The van der Waals surface area contributed by atoms with E-state index in [-0.39, 0.29) is 22.6 Å². The molecule has 4 nitrogen and oxygen atoms in total. The average molecular weight is 425 g/mol. The van der Waals surface area contributed by atoms with E-state index in [2.05, 4.69) is 18.7 Å². The molecule has 2 aliphatic rings. The third-order valence-corrected chi connectivity index (χ3v) is 7.44. The Morgan fingerprint density at radius 1 is 0.897 bits per heavy atom. The number of thioether (sulfide) groups is 2. The van der Waals surface area contributed by atoms with Gasteiger partial charge in [-0.1, -0.05) is 55.1 Å². The fraction of sp³-hybridized carbons (Fsp3) is 0.304. The van der Waals surface area contributed by atoms with E-state index in [1.807, 2.05) is 53.8 Å². The van der Waals surface area contributed by atoms with E-state index in [0.717, 1.165) is 16.7 Å². The van der Waals surface area contributed by atoms with Gasteiger partial charge in [0.1, 0.15) is 10.7 Å². The maximum atomic E-state index is 13.0. The van der Waals surface area contributed by atoms with Crippen LogP contribution in [0, 0.1) is 0 Å². The predicted octanol–water partition coefficient (Wildman–Crippen LogP) is 4.39. The zero-order valence-corrected chi connectivity index (χ0v) is 18.3. The molecule has 2 atom stereocenters. The minimum atomic E-state index is -0.111. The van der Waals surface area contributed by atoms with E-state index < -0.39 is 0 Å². The van der Waals surface area contributed by atoms with E-state index in [1.165, 1.54) is 5.56 Å². The molecule has 0 fully saturated rings. The summed E-state index contributed by atoms with van der Waals surface area (Å²) in [7, 11) is 0. The molecule has 0 spiro atoms. The molecule has 4 rings (SSSR count). The van der Waals surface area contributed by atoms with Crippen LogP contribution in [0.2, 0.25) is 0 Å². The molecule has 29 heavy (non-hydrogen) atoms. The van der Waals surface area contributed by atoms with Crippen LogP contribution in [0.1, 0.15) is 33.0 Å². The van der Waals surface area contributed by atoms with Crippen molar-refractivity contribution in [2.75, 3.05) is 19.1 Å². The Bertz CT molecular complexity index is 975. The maximum Gasteiger partial charge on any atom is 0.232 e. The van der Waals surface area contributed by atoms with Crippen molar-refractivity contribution in [1.82, 2.24) is 9.80 Å². The molecule has 6 heteroatoms. The average Bonchev–Trinajstić information content (AvgIpc) is 2.73. The first-order chi connectivity index (χ1) is 14.0. The first-order valence-electron chi connectivity index (χ1n) is 9.55. The number of hydrogen-bond donors (Lipinski definition) is 0. The van der Waals surface area contributed by atoms with E-state index in [1.54, 1.807) is 28.4 Å². The van der Waals surface area contributed by atoms with E-state index >= 15 is 0 Å². The van der Waals surface area contributed by atoms with Crippen LogP contribution in [0.15, 0.2) is 60.8 Å². The number of rotatable bonds is 5. The number of carbonyl (C=O) groups is 2. The lowest BCUT2D eigenvalue weighted by molar-refractivity contribution is -0.134. The molecule has 0 aliphatic carbocycles. The van der Waals surface area contributed by atoms with Gasteiger partial charge in [0.25, 0.3) is 0 Å². The predicted molar refractivity (Wildman–Crippen MR) is 121 cm³/mol. The number of hydrogen-bond acceptors (Lipinski definition) is 4. The van der Waals surface area contributed by atoms with Crippen LogP contribution in [-0.4, -0.2) is 40.7 Å². The molecule has 0 aromatic heterocycles. The van der Waals surface area contributed by atoms with Gasteiger partial charge in [0, 0.05) is 5.70 Å². The lowest BCUT2D eigenvalue weighted by atomic mass is 9.97. The standard InChI is InChI=1S/C23H24N2O2S2/c1-15(25-21(27)13-17-9-5-7-11-19(17)23(25)29-3)14-24-20(26)12-16-8-4-6-10-18(16)22(24)28-2/h4-11,22-23H,1,12-14H2,2-3H3. The van der Waals surface area contributed by atoms with E-state index in [9.17, 15) is 9.59 Å². The second-order valence-corrected chi connectivity index (χ2v) is 9.11. The highest BCUT2D eigenvalue weighted by molar-refractivity contribution is 7.99. The van der Waals surface area contributed by atoms with Crippen LogP contribution >= 0.6 is 23.5 Å². The third kappa shape index (κ3) is 3.60. The molecule has 2 aromatic rings. The Hall–Kier alpha value is -2.18. The number of amides is 2. The Morgan fingerprint density at radius 3 is 2.00 bits per heavy atom. The van der Waals surface area contributed by atoms with Gasteiger partial charge in [0.05, 0.1) is 19.4 Å². The summed E-state index contributed by atoms with van der Waals surface area (Å²) in [4.78, 5) is 29.6. The molecule has 0 bridgehead atoms.